The molecule has 0 aromatic carbocycles. The molecule has 0 saturated heterocycles. The molecule has 4 N–H and O–H groups in total. The van der Waals surface area contributed by atoms with E-state index < -0.39 is 18.2 Å². The van der Waals surface area contributed by atoms with Gasteiger partial charge in [0.05, 0.1) is 11.8 Å². The normalized spacial score (nSPS) is 17.1. The number of amidine groups is 1. The van der Waals surface area contributed by atoms with Gasteiger partial charge in [-0.25, -0.2) is 0 Å². The summed E-state index contributed by atoms with van der Waals surface area (Å²) < 4.78 is 16.9. The van der Waals surface area contributed by atoms with E-state index in [1.807, 2.05) is 0 Å². The van der Waals surface area contributed by atoms with Crippen molar-refractivity contribution < 1.29 is 14.0 Å². The highest BCUT2D eigenvalue weighted by Gasteiger charge is 2.38. The molecular formula is C9H21N4O3P. The Morgan fingerprint density at radius 1 is 1.41 bits per heavy atom. The Balaban J connectivity index is 4.68. The van der Waals surface area contributed by atoms with Crippen LogP contribution in [0.2, 0.25) is 0 Å². The predicted molar refractivity (Wildman–Crippen MR) is 66.1 cm³/mol. The largest absolute Gasteiger partial charge is 0.333 e. The van der Waals surface area contributed by atoms with Crippen molar-refractivity contribution in [2.24, 2.45) is 21.6 Å². The van der Waals surface area contributed by atoms with Crippen molar-refractivity contribution >= 4 is 13.4 Å². The molecule has 0 saturated carbocycles. The maximum absolute atomic E-state index is 11.8. The van der Waals surface area contributed by atoms with Crippen molar-refractivity contribution in [2.45, 2.75) is 39.8 Å². The molecule has 0 aliphatic heterocycles. The second-order valence-corrected chi connectivity index (χ2v) is 8.05. The Labute approximate surface area is 101 Å². The number of nitrogens with zero attached hydrogens (tertiary/aromatic N) is 2. The SMILES string of the molecule is CC(C)(COP(=O)(O)C(C)(C)C)C(=N)N=NN. The van der Waals surface area contributed by atoms with Gasteiger partial charge in [-0.05, 0) is 20.8 Å². The van der Waals surface area contributed by atoms with Crippen LogP contribution in [0.5, 0.6) is 0 Å². The van der Waals surface area contributed by atoms with Gasteiger partial charge in [-0.3, -0.25) is 9.97 Å². The number of nitrogens with one attached hydrogen (secondary N) is 1. The molecule has 0 aliphatic rings. The highest BCUT2D eigenvalue weighted by molar-refractivity contribution is 7.54. The van der Waals surface area contributed by atoms with Crippen molar-refractivity contribution in [1.82, 2.24) is 0 Å². The van der Waals surface area contributed by atoms with E-state index in [4.69, 9.17) is 15.8 Å². The second-order valence-electron chi connectivity index (χ2n) is 5.41. The van der Waals surface area contributed by atoms with Crippen molar-refractivity contribution in [3.8, 4) is 0 Å². The third-order valence-corrected chi connectivity index (χ3v) is 4.42. The Bertz CT molecular complexity index is 360. The minimum atomic E-state index is -3.73. The van der Waals surface area contributed by atoms with Gasteiger partial charge in [0.25, 0.3) is 0 Å². The van der Waals surface area contributed by atoms with E-state index in [1.165, 1.54) is 0 Å². The zero-order chi connectivity index (χ0) is 13.9. The zero-order valence-corrected chi connectivity index (χ0v) is 11.8. The van der Waals surface area contributed by atoms with Crippen LogP contribution in [0, 0.1) is 10.8 Å². The Hall–Kier alpha value is -0.780. The maximum atomic E-state index is 11.8. The van der Waals surface area contributed by atoms with Crippen LogP contribution in [0.15, 0.2) is 10.3 Å². The first kappa shape index (κ1) is 16.2. The van der Waals surface area contributed by atoms with Gasteiger partial charge < -0.3 is 15.3 Å². The molecular weight excluding hydrogens is 243 g/mol. The molecule has 0 aromatic rings. The summed E-state index contributed by atoms with van der Waals surface area (Å²) in [6.07, 6.45) is 0. The lowest BCUT2D eigenvalue weighted by atomic mass is 9.94. The first-order valence-electron chi connectivity index (χ1n) is 5.11. The highest BCUT2D eigenvalue weighted by atomic mass is 31.2. The molecule has 0 aromatic heterocycles. The van der Waals surface area contributed by atoms with Gasteiger partial charge in [-0.1, -0.05) is 19.1 Å². The molecule has 1 unspecified atom stereocenters. The summed E-state index contributed by atoms with van der Waals surface area (Å²) in [7, 11) is -3.73. The van der Waals surface area contributed by atoms with Crippen LogP contribution in [0.3, 0.4) is 0 Å². The molecule has 0 amide bonds. The summed E-state index contributed by atoms with van der Waals surface area (Å²) in [5, 5.41) is 13.1. The molecule has 0 aliphatic carbocycles. The monoisotopic (exact) mass is 264 g/mol. The predicted octanol–water partition coefficient (Wildman–Crippen LogP) is 2.32. The number of rotatable bonds is 4. The van der Waals surface area contributed by atoms with E-state index >= 15 is 0 Å². The van der Waals surface area contributed by atoms with Crippen molar-refractivity contribution in [3.63, 3.8) is 0 Å². The summed E-state index contributed by atoms with van der Waals surface area (Å²) in [4.78, 5) is 9.71. The zero-order valence-electron chi connectivity index (χ0n) is 10.9. The Morgan fingerprint density at radius 3 is 2.24 bits per heavy atom. The van der Waals surface area contributed by atoms with Gasteiger partial charge in [-0.15, -0.1) is 5.11 Å². The van der Waals surface area contributed by atoms with Crippen LogP contribution in [0.25, 0.3) is 0 Å². The van der Waals surface area contributed by atoms with Crippen LogP contribution < -0.4 is 5.84 Å². The van der Waals surface area contributed by atoms with Crippen LogP contribution in [-0.4, -0.2) is 22.5 Å². The molecule has 1 atom stereocenters. The maximum Gasteiger partial charge on any atom is 0.333 e. The lowest BCUT2D eigenvalue weighted by Crippen LogP contribution is -2.29. The summed E-state index contributed by atoms with van der Waals surface area (Å²) in [5.41, 5.74) is -0.827. The molecule has 17 heavy (non-hydrogen) atoms. The standard InChI is InChI=1S/C9H21N4O3P/c1-8(2,3)17(14,15)16-6-9(4,5)7(10)12-13-11/h6H2,1-5H3,(H,14,15)(H3,10,11,12). The average molecular weight is 264 g/mol. The fourth-order valence-corrected chi connectivity index (χ4v) is 1.59. The first-order chi connectivity index (χ1) is 7.44. The lowest BCUT2D eigenvalue weighted by Gasteiger charge is -2.29. The molecule has 8 heteroatoms. The van der Waals surface area contributed by atoms with Gasteiger partial charge in [0.1, 0.15) is 0 Å². The molecule has 0 bridgehead atoms. The number of nitrogens with two attached hydrogens (primary N) is 1. The topological polar surface area (TPSA) is 121 Å². The highest BCUT2D eigenvalue weighted by Crippen LogP contribution is 2.55. The summed E-state index contributed by atoms with van der Waals surface area (Å²) in [6.45, 7) is 8.07. The van der Waals surface area contributed by atoms with Gasteiger partial charge in [0.2, 0.25) is 0 Å². The van der Waals surface area contributed by atoms with Gasteiger partial charge in [0.15, 0.2) is 5.84 Å². The molecule has 7 nitrogen and oxygen atoms in total. The number of hydrogen-bond donors (Lipinski definition) is 3. The van der Waals surface area contributed by atoms with Crippen molar-refractivity contribution in [1.29, 1.82) is 5.41 Å². The third-order valence-electron chi connectivity index (χ3n) is 2.25. The van der Waals surface area contributed by atoms with Gasteiger partial charge >= 0.3 is 7.60 Å². The van der Waals surface area contributed by atoms with Crippen LogP contribution >= 0.6 is 7.60 Å². The van der Waals surface area contributed by atoms with Crippen LogP contribution in [0.1, 0.15) is 34.6 Å². The Kier molecular flexibility index (Phi) is 5.01. The molecule has 0 spiro atoms. The fraction of sp³-hybridized carbons (Fsp3) is 0.889. The fourth-order valence-electron chi connectivity index (χ4n) is 0.704. The summed E-state index contributed by atoms with van der Waals surface area (Å²) in [6, 6.07) is 0. The summed E-state index contributed by atoms with van der Waals surface area (Å²) >= 11 is 0. The van der Waals surface area contributed by atoms with E-state index in [0.717, 1.165) is 0 Å². The Morgan fingerprint density at radius 2 is 1.88 bits per heavy atom. The van der Waals surface area contributed by atoms with E-state index in [0.29, 0.717) is 0 Å². The van der Waals surface area contributed by atoms with Crippen LogP contribution in [-0.2, 0) is 9.09 Å². The summed E-state index contributed by atoms with van der Waals surface area (Å²) in [5.74, 6) is 4.75. The van der Waals surface area contributed by atoms with Gasteiger partial charge in [-0.2, -0.15) is 0 Å². The number of hydrogen-bond acceptors (Lipinski definition) is 4. The first-order valence-corrected chi connectivity index (χ1v) is 6.69. The molecule has 100 valence electrons. The lowest BCUT2D eigenvalue weighted by molar-refractivity contribution is 0.191. The minimum absolute atomic E-state index is 0.101. The van der Waals surface area contributed by atoms with Crippen molar-refractivity contribution in [2.75, 3.05) is 6.61 Å². The van der Waals surface area contributed by atoms with Crippen molar-refractivity contribution in [3.05, 3.63) is 0 Å². The smallest absolute Gasteiger partial charge is 0.324 e. The van der Waals surface area contributed by atoms with E-state index in [-0.39, 0.29) is 12.4 Å². The third kappa shape index (κ3) is 4.53. The molecule has 0 radical (unpaired) electrons. The average Bonchev–Trinajstić information content (AvgIpc) is 2.14. The minimum Gasteiger partial charge on any atom is -0.324 e. The van der Waals surface area contributed by atoms with E-state index in [2.05, 4.69) is 10.3 Å². The van der Waals surface area contributed by atoms with E-state index in [9.17, 15) is 9.46 Å². The molecule has 0 fully saturated rings. The molecule has 0 heterocycles. The van der Waals surface area contributed by atoms with Gasteiger partial charge in [0, 0.05) is 5.41 Å². The van der Waals surface area contributed by atoms with E-state index in [1.54, 1.807) is 34.6 Å². The quantitative estimate of drug-likeness (QED) is 0.180. The molecule has 0 rings (SSSR count). The second kappa shape index (κ2) is 5.25. The van der Waals surface area contributed by atoms with Crippen LogP contribution in [0.4, 0.5) is 0 Å².